The van der Waals surface area contributed by atoms with E-state index in [0.29, 0.717) is 34.7 Å². The maximum absolute atomic E-state index is 12.9. The van der Waals surface area contributed by atoms with Gasteiger partial charge in [0.05, 0.1) is 11.5 Å². The van der Waals surface area contributed by atoms with Crippen molar-refractivity contribution in [2.24, 2.45) is 0 Å². The summed E-state index contributed by atoms with van der Waals surface area (Å²) in [6.45, 7) is 3.85. The van der Waals surface area contributed by atoms with Crippen LogP contribution in [0, 0.1) is 13.8 Å². The maximum Gasteiger partial charge on any atom is 0.243 e. The Balaban J connectivity index is 2.49. The summed E-state index contributed by atoms with van der Waals surface area (Å²) >= 11 is 0. The third kappa shape index (κ3) is 2.68. The maximum atomic E-state index is 12.9. The molecule has 0 amide bonds. The second kappa shape index (κ2) is 5.71. The van der Waals surface area contributed by atoms with Crippen LogP contribution in [0.3, 0.4) is 0 Å². The molecule has 1 aromatic rings. The van der Waals surface area contributed by atoms with Crippen LogP contribution in [0.5, 0.6) is 0 Å². The number of rotatable bonds is 3. The summed E-state index contributed by atoms with van der Waals surface area (Å²) < 4.78 is 27.2. The average molecular weight is 298 g/mol. The fourth-order valence-corrected chi connectivity index (χ4v) is 5.08. The predicted octanol–water partition coefficient (Wildman–Crippen LogP) is 1.42. The fraction of sp³-hybridized carbons (Fsp3) is 0.571. The van der Waals surface area contributed by atoms with Crippen LogP contribution in [0.2, 0.25) is 0 Å². The van der Waals surface area contributed by atoms with Crippen LogP contribution in [-0.2, 0) is 10.0 Å². The largest absolute Gasteiger partial charge is 0.399 e. The molecule has 112 valence electrons. The molecular formula is C14H22N2O3S. The number of hydrogen-bond acceptors (Lipinski definition) is 4. The first-order valence-corrected chi connectivity index (χ1v) is 8.31. The highest BCUT2D eigenvalue weighted by atomic mass is 32.2. The van der Waals surface area contributed by atoms with Gasteiger partial charge in [-0.25, -0.2) is 8.42 Å². The Kier molecular flexibility index (Phi) is 4.36. The van der Waals surface area contributed by atoms with E-state index in [2.05, 4.69) is 0 Å². The van der Waals surface area contributed by atoms with E-state index in [9.17, 15) is 13.5 Å². The van der Waals surface area contributed by atoms with Gasteiger partial charge in [-0.05, 0) is 49.9 Å². The lowest BCUT2D eigenvalue weighted by Gasteiger charge is -2.34. The molecule has 1 aliphatic heterocycles. The van der Waals surface area contributed by atoms with Gasteiger partial charge in [-0.1, -0.05) is 6.42 Å². The number of nitrogens with two attached hydrogens (primary N) is 1. The quantitative estimate of drug-likeness (QED) is 0.827. The molecule has 1 aromatic carbocycles. The van der Waals surface area contributed by atoms with Crippen LogP contribution in [0.25, 0.3) is 0 Å². The molecule has 1 heterocycles. The fourth-order valence-electron chi connectivity index (χ4n) is 2.98. The third-order valence-electron chi connectivity index (χ3n) is 3.83. The van der Waals surface area contributed by atoms with E-state index in [1.54, 1.807) is 26.0 Å². The zero-order valence-corrected chi connectivity index (χ0v) is 12.8. The summed E-state index contributed by atoms with van der Waals surface area (Å²) in [4.78, 5) is 0.326. The molecule has 1 saturated heterocycles. The van der Waals surface area contributed by atoms with Gasteiger partial charge >= 0.3 is 0 Å². The molecular weight excluding hydrogens is 276 g/mol. The lowest BCUT2D eigenvalue weighted by Crippen LogP contribution is -2.45. The van der Waals surface area contributed by atoms with Crippen molar-refractivity contribution in [3.05, 3.63) is 23.3 Å². The SMILES string of the molecule is Cc1cc(N)cc(C)c1S(=O)(=O)N1CCCCC1CO. The standard InChI is InChI=1S/C14H22N2O3S/c1-10-7-12(15)8-11(2)14(10)20(18,19)16-6-4-3-5-13(16)9-17/h7-8,13,17H,3-6,9,15H2,1-2H3. The van der Waals surface area contributed by atoms with Gasteiger partial charge in [0.15, 0.2) is 0 Å². The highest BCUT2D eigenvalue weighted by Crippen LogP contribution is 2.30. The summed E-state index contributed by atoms with van der Waals surface area (Å²) in [7, 11) is -3.58. The Bertz CT molecular complexity index is 575. The van der Waals surface area contributed by atoms with E-state index in [1.807, 2.05) is 0 Å². The van der Waals surface area contributed by atoms with Crippen LogP contribution < -0.4 is 5.73 Å². The molecule has 0 saturated carbocycles. The molecule has 3 N–H and O–H groups in total. The Morgan fingerprint density at radius 3 is 2.45 bits per heavy atom. The van der Waals surface area contributed by atoms with Crippen molar-refractivity contribution in [3.8, 4) is 0 Å². The lowest BCUT2D eigenvalue weighted by molar-refractivity contribution is 0.155. The van der Waals surface area contributed by atoms with E-state index in [4.69, 9.17) is 5.73 Å². The molecule has 1 atom stereocenters. The minimum absolute atomic E-state index is 0.133. The van der Waals surface area contributed by atoms with E-state index < -0.39 is 10.0 Å². The van der Waals surface area contributed by atoms with Gasteiger partial charge in [0, 0.05) is 18.3 Å². The van der Waals surface area contributed by atoms with Gasteiger partial charge < -0.3 is 10.8 Å². The predicted molar refractivity (Wildman–Crippen MR) is 78.9 cm³/mol. The Morgan fingerprint density at radius 2 is 1.90 bits per heavy atom. The molecule has 2 rings (SSSR count). The number of piperidine rings is 1. The molecule has 0 aliphatic carbocycles. The number of aryl methyl sites for hydroxylation is 2. The first-order valence-electron chi connectivity index (χ1n) is 6.87. The summed E-state index contributed by atoms with van der Waals surface area (Å²) in [5.41, 5.74) is 7.64. The van der Waals surface area contributed by atoms with Crippen molar-refractivity contribution in [2.45, 2.75) is 44.0 Å². The molecule has 1 unspecified atom stereocenters. The summed E-state index contributed by atoms with van der Waals surface area (Å²) in [5, 5.41) is 9.43. The summed E-state index contributed by atoms with van der Waals surface area (Å²) in [6, 6.07) is 3.04. The van der Waals surface area contributed by atoms with Crippen molar-refractivity contribution >= 4 is 15.7 Å². The van der Waals surface area contributed by atoms with Gasteiger partial charge in [-0.2, -0.15) is 4.31 Å². The van der Waals surface area contributed by atoms with Crippen LogP contribution in [-0.4, -0.2) is 37.0 Å². The molecule has 0 aromatic heterocycles. The van der Waals surface area contributed by atoms with Crippen molar-refractivity contribution in [2.75, 3.05) is 18.9 Å². The monoisotopic (exact) mass is 298 g/mol. The van der Waals surface area contributed by atoms with Crippen molar-refractivity contribution in [3.63, 3.8) is 0 Å². The van der Waals surface area contributed by atoms with Crippen LogP contribution >= 0.6 is 0 Å². The molecule has 0 bridgehead atoms. The number of aliphatic hydroxyl groups is 1. The second-order valence-electron chi connectivity index (χ2n) is 5.43. The smallest absolute Gasteiger partial charge is 0.243 e. The first-order chi connectivity index (χ1) is 9.37. The second-order valence-corrected chi connectivity index (χ2v) is 7.26. The van der Waals surface area contributed by atoms with Crippen LogP contribution in [0.15, 0.2) is 17.0 Å². The van der Waals surface area contributed by atoms with Gasteiger partial charge in [-0.3, -0.25) is 0 Å². The van der Waals surface area contributed by atoms with E-state index in [0.717, 1.165) is 12.8 Å². The van der Waals surface area contributed by atoms with Crippen molar-refractivity contribution < 1.29 is 13.5 Å². The van der Waals surface area contributed by atoms with Gasteiger partial charge in [0.25, 0.3) is 0 Å². The highest BCUT2D eigenvalue weighted by Gasteiger charge is 2.34. The number of benzene rings is 1. The van der Waals surface area contributed by atoms with Crippen molar-refractivity contribution in [1.82, 2.24) is 4.31 Å². The zero-order chi connectivity index (χ0) is 14.9. The number of nitrogens with zero attached hydrogens (tertiary/aromatic N) is 1. The van der Waals surface area contributed by atoms with E-state index in [1.165, 1.54) is 4.31 Å². The Hall–Kier alpha value is -1.11. The molecule has 6 heteroatoms. The zero-order valence-electron chi connectivity index (χ0n) is 12.0. The first kappa shape index (κ1) is 15.3. The van der Waals surface area contributed by atoms with Gasteiger partial charge in [-0.15, -0.1) is 0 Å². The lowest BCUT2D eigenvalue weighted by atomic mass is 10.1. The number of anilines is 1. The molecule has 1 fully saturated rings. The Morgan fingerprint density at radius 1 is 1.30 bits per heavy atom. The van der Waals surface area contributed by atoms with E-state index in [-0.39, 0.29) is 12.6 Å². The molecule has 5 nitrogen and oxygen atoms in total. The normalized spacial score (nSPS) is 21.1. The average Bonchev–Trinajstić information content (AvgIpc) is 2.37. The Labute approximate surface area is 120 Å². The summed E-state index contributed by atoms with van der Waals surface area (Å²) in [6.07, 6.45) is 2.50. The number of sulfonamides is 1. The minimum Gasteiger partial charge on any atom is -0.399 e. The minimum atomic E-state index is -3.58. The van der Waals surface area contributed by atoms with Crippen molar-refractivity contribution in [1.29, 1.82) is 0 Å². The molecule has 0 radical (unpaired) electrons. The topological polar surface area (TPSA) is 83.6 Å². The van der Waals surface area contributed by atoms with Crippen LogP contribution in [0.1, 0.15) is 30.4 Å². The number of nitrogen functional groups attached to an aromatic ring is 1. The van der Waals surface area contributed by atoms with Gasteiger partial charge in [0.2, 0.25) is 10.0 Å². The third-order valence-corrected chi connectivity index (χ3v) is 6.09. The molecule has 1 aliphatic rings. The van der Waals surface area contributed by atoms with Gasteiger partial charge in [0.1, 0.15) is 0 Å². The molecule has 0 spiro atoms. The van der Waals surface area contributed by atoms with E-state index >= 15 is 0 Å². The summed E-state index contributed by atoms with van der Waals surface area (Å²) in [5.74, 6) is 0. The highest BCUT2D eigenvalue weighted by molar-refractivity contribution is 7.89. The number of hydrogen-bond donors (Lipinski definition) is 2. The molecule has 20 heavy (non-hydrogen) atoms. The van der Waals surface area contributed by atoms with Crippen LogP contribution in [0.4, 0.5) is 5.69 Å². The number of aliphatic hydroxyl groups excluding tert-OH is 1.